The SMILES string of the molecule is Cc1cc(Cl)ccc1N1CC(CN)OC(C)(C)C1. The first kappa shape index (κ1) is 13.7. The monoisotopic (exact) mass is 268 g/mol. The zero-order valence-electron chi connectivity index (χ0n) is 11.2. The largest absolute Gasteiger partial charge is 0.367 e. The smallest absolute Gasteiger partial charge is 0.0879 e. The summed E-state index contributed by atoms with van der Waals surface area (Å²) < 4.78 is 5.95. The minimum atomic E-state index is -0.172. The molecule has 2 N–H and O–H groups in total. The molecule has 18 heavy (non-hydrogen) atoms. The Morgan fingerprint density at radius 3 is 2.83 bits per heavy atom. The van der Waals surface area contributed by atoms with E-state index < -0.39 is 0 Å². The first-order valence-corrected chi connectivity index (χ1v) is 6.68. The Morgan fingerprint density at radius 2 is 2.22 bits per heavy atom. The summed E-state index contributed by atoms with van der Waals surface area (Å²) in [5.74, 6) is 0. The maximum atomic E-state index is 6.00. The summed E-state index contributed by atoms with van der Waals surface area (Å²) in [4.78, 5) is 2.34. The molecule has 3 nitrogen and oxygen atoms in total. The number of rotatable bonds is 2. The van der Waals surface area contributed by atoms with E-state index in [0.717, 1.165) is 18.1 Å². The van der Waals surface area contributed by atoms with Gasteiger partial charge in [-0.1, -0.05) is 11.6 Å². The van der Waals surface area contributed by atoms with Gasteiger partial charge in [-0.05, 0) is 44.5 Å². The molecule has 0 radical (unpaired) electrons. The van der Waals surface area contributed by atoms with Gasteiger partial charge in [0.1, 0.15) is 0 Å². The second-order valence-corrected chi connectivity index (χ2v) is 5.98. The van der Waals surface area contributed by atoms with Crippen LogP contribution in [0.4, 0.5) is 5.69 Å². The van der Waals surface area contributed by atoms with Crippen LogP contribution in [0.2, 0.25) is 5.02 Å². The van der Waals surface area contributed by atoms with Crippen LogP contribution in [-0.4, -0.2) is 31.3 Å². The zero-order chi connectivity index (χ0) is 13.3. The van der Waals surface area contributed by atoms with Crippen LogP contribution < -0.4 is 10.6 Å². The quantitative estimate of drug-likeness (QED) is 0.896. The number of hydrogen-bond donors (Lipinski definition) is 1. The fraction of sp³-hybridized carbons (Fsp3) is 0.571. The highest BCUT2D eigenvalue weighted by Gasteiger charge is 2.33. The molecule has 4 heteroatoms. The van der Waals surface area contributed by atoms with Crippen LogP contribution in [0.1, 0.15) is 19.4 Å². The van der Waals surface area contributed by atoms with Crippen molar-refractivity contribution in [3.05, 3.63) is 28.8 Å². The van der Waals surface area contributed by atoms with E-state index in [-0.39, 0.29) is 11.7 Å². The number of nitrogens with zero attached hydrogens (tertiary/aromatic N) is 1. The molecular weight excluding hydrogens is 248 g/mol. The zero-order valence-corrected chi connectivity index (χ0v) is 12.0. The lowest BCUT2D eigenvalue weighted by molar-refractivity contribution is -0.0788. The Labute approximate surface area is 114 Å². The fourth-order valence-corrected chi connectivity index (χ4v) is 2.80. The van der Waals surface area contributed by atoms with Gasteiger partial charge in [0, 0.05) is 30.3 Å². The number of halogens is 1. The molecule has 1 aliphatic rings. The van der Waals surface area contributed by atoms with E-state index in [4.69, 9.17) is 22.1 Å². The van der Waals surface area contributed by atoms with Crippen molar-refractivity contribution in [2.45, 2.75) is 32.5 Å². The Balaban J connectivity index is 2.26. The number of nitrogens with two attached hydrogens (primary N) is 1. The summed E-state index contributed by atoms with van der Waals surface area (Å²) in [6.45, 7) is 8.54. The summed E-state index contributed by atoms with van der Waals surface area (Å²) in [6.07, 6.45) is 0.0869. The van der Waals surface area contributed by atoms with Crippen molar-refractivity contribution in [1.82, 2.24) is 0 Å². The third-order valence-corrected chi connectivity index (χ3v) is 3.48. The van der Waals surface area contributed by atoms with E-state index in [0.29, 0.717) is 6.54 Å². The van der Waals surface area contributed by atoms with Gasteiger partial charge < -0.3 is 15.4 Å². The lowest BCUT2D eigenvalue weighted by Crippen LogP contribution is -2.55. The molecule has 1 saturated heterocycles. The molecule has 0 amide bonds. The molecule has 0 spiro atoms. The number of anilines is 1. The third-order valence-electron chi connectivity index (χ3n) is 3.24. The second-order valence-electron chi connectivity index (χ2n) is 5.55. The van der Waals surface area contributed by atoms with Crippen molar-refractivity contribution in [2.75, 3.05) is 24.5 Å². The molecule has 0 bridgehead atoms. The number of aryl methyl sites for hydroxylation is 1. The van der Waals surface area contributed by atoms with Gasteiger partial charge in [0.2, 0.25) is 0 Å². The molecule has 1 atom stereocenters. The highest BCUT2D eigenvalue weighted by molar-refractivity contribution is 6.30. The summed E-state index contributed by atoms with van der Waals surface area (Å²) in [5.41, 5.74) is 7.99. The highest BCUT2D eigenvalue weighted by atomic mass is 35.5. The van der Waals surface area contributed by atoms with Crippen LogP contribution in [0.3, 0.4) is 0 Å². The van der Waals surface area contributed by atoms with E-state index in [1.807, 2.05) is 12.1 Å². The normalized spacial score (nSPS) is 23.2. The van der Waals surface area contributed by atoms with Crippen molar-refractivity contribution in [2.24, 2.45) is 5.73 Å². The summed E-state index contributed by atoms with van der Waals surface area (Å²) >= 11 is 6.00. The highest BCUT2D eigenvalue weighted by Crippen LogP contribution is 2.29. The molecule has 1 aromatic carbocycles. The summed E-state index contributed by atoms with van der Waals surface area (Å²) in [6, 6.07) is 6.01. The number of morpholine rings is 1. The molecule has 1 heterocycles. The molecule has 100 valence electrons. The van der Waals surface area contributed by atoms with Gasteiger partial charge in [-0.15, -0.1) is 0 Å². The topological polar surface area (TPSA) is 38.5 Å². The van der Waals surface area contributed by atoms with Gasteiger partial charge in [-0.2, -0.15) is 0 Å². The summed E-state index contributed by atoms with van der Waals surface area (Å²) in [7, 11) is 0. The van der Waals surface area contributed by atoms with E-state index in [2.05, 4.69) is 31.7 Å². The van der Waals surface area contributed by atoms with Crippen molar-refractivity contribution in [3.63, 3.8) is 0 Å². The van der Waals surface area contributed by atoms with Crippen LogP contribution in [0.5, 0.6) is 0 Å². The van der Waals surface area contributed by atoms with E-state index in [1.165, 1.54) is 11.3 Å². The Bertz CT molecular complexity index is 434. The third kappa shape index (κ3) is 2.97. The first-order valence-electron chi connectivity index (χ1n) is 6.30. The Kier molecular flexibility index (Phi) is 3.85. The molecular formula is C14H21ClN2O. The van der Waals surface area contributed by atoms with Crippen LogP contribution >= 0.6 is 11.6 Å². The van der Waals surface area contributed by atoms with Gasteiger partial charge in [-0.25, -0.2) is 0 Å². The molecule has 1 fully saturated rings. The molecule has 1 aromatic rings. The van der Waals surface area contributed by atoms with E-state index in [1.54, 1.807) is 0 Å². The second kappa shape index (κ2) is 5.08. The molecule has 1 aliphatic heterocycles. The van der Waals surface area contributed by atoms with Crippen molar-refractivity contribution >= 4 is 17.3 Å². The molecule has 0 aromatic heterocycles. The average Bonchev–Trinajstić information content (AvgIpc) is 2.26. The van der Waals surface area contributed by atoms with Gasteiger partial charge in [0.15, 0.2) is 0 Å². The lowest BCUT2D eigenvalue weighted by atomic mass is 10.0. The van der Waals surface area contributed by atoms with E-state index in [9.17, 15) is 0 Å². The van der Waals surface area contributed by atoms with Gasteiger partial charge in [0.05, 0.1) is 11.7 Å². The molecule has 1 unspecified atom stereocenters. The van der Waals surface area contributed by atoms with Crippen molar-refractivity contribution < 1.29 is 4.74 Å². The Morgan fingerprint density at radius 1 is 1.50 bits per heavy atom. The van der Waals surface area contributed by atoms with Crippen LogP contribution in [0.25, 0.3) is 0 Å². The number of hydrogen-bond acceptors (Lipinski definition) is 3. The van der Waals surface area contributed by atoms with Crippen LogP contribution in [0.15, 0.2) is 18.2 Å². The van der Waals surface area contributed by atoms with Crippen molar-refractivity contribution in [3.8, 4) is 0 Å². The number of benzene rings is 1. The van der Waals surface area contributed by atoms with Crippen LogP contribution in [-0.2, 0) is 4.74 Å². The first-order chi connectivity index (χ1) is 8.41. The average molecular weight is 269 g/mol. The molecule has 2 rings (SSSR count). The number of ether oxygens (including phenoxy) is 1. The predicted molar refractivity (Wildman–Crippen MR) is 76.4 cm³/mol. The van der Waals surface area contributed by atoms with E-state index >= 15 is 0 Å². The molecule has 0 saturated carbocycles. The van der Waals surface area contributed by atoms with Crippen LogP contribution in [0, 0.1) is 6.92 Å². The van der Waals surface area contributed by atoms with Crippen molar-refractivity contribution in [1.29, 1.82) is 0 Å². The standard InChI is InChI=1S/C14H21ClN2O/c1-10-6-11(15)4-5-13(10)17-8-12(7-16)18-14(2,3)9-17/h4-6,12H,7-9,16H2,1-3H3. The summed E-state index contributed by atoms with van der Waals surface area (Å²) in [5, 5.41) is 0.777. The molecule has 0 aliphatic carbocycles. The maximum absolute atomic E-state index is 6.00. The minimum Gasteiger partial charge on any atom is -0.367 e. The maximum Gasteiger partial charge on any atom is 0.0879 e. The predicted octanol–water partition coefficient (Wildman–Crippen LogP) is 2.59. The minimum absolute atomic E-state index is 0.0869. The van der Waals surface area contributed by atoms with Gasteiger partial charge >= 0.3 is 0 Å². The van der Waals surface area contributed by atoms with Gasteiger partial charge in [0.25, 0.3) is 0 Å². The Hall–Kier alpha value is -0.770. The fourth-order valence-electron chi connectivity index (χ4n) is 2.58. The lowest BCUT2D eigenvalue weighted by Gasteiger charge is -2.44. The van der Waals surface area contributed by atoms with Gasteiger partial charge in [-0.3, -0.25) is 0 Å².